The Bertz CT molecular complexity index is 808. The molecule has 1 unspecified atom stereocenters. The quantitative estimate of drug-likeness (QED) is 0.842. The summed E-state index contributed by atoms with van der Waals surface area (Å²) in [6, 6.07) is 11.4. The highest BCUT2D eigenvalue weighted by molar-refractivity contribution is 5.92. The zero-order valence-electron chi connectivity index (χ0n) is 15.0. The maximum absolute atomic E-state index is 12.8. The molecule has 2 N–H and O–H groups in total. The number of amides is 2. The molecule has 7 nitrogen and oxygen atoms in total. The molecular weight excluding hydrogens is 346 g/mol. The van der Waals surface area contributed by atoms with Crippen LogP contribution in [0.5, 0.6) is 0 Å². The van der Waals surface area contributed by atoms with Gasteiger partial charge in [-0.15, -0.1) is 0 Å². The Kier molecular flexibility index (Phi) is 4.83. The van der Waals surface area contributed by atoms with E-state index in [0.29, 0.717) is 37.5 Å². The van der Waals surface area contributed by atoms with Gasteiger partial charge in [-0.1, -0.05) is 35.5 Å². The summed E-state index contributed by atoms with van der Waals surface area (Å²) in [7, 11) is 0. The molecule has 0 spiro atoms. The van der Waals surface area contributed by atoms with Crippen LogP contribution < -0.4 is 5.32 Å². The second-order valence-electron chi connectivity index (χ2n) is 7.36. The molecule has 1 aliphatic heterocycles. The Morgan fingerprint density at radius 2 is 1.85 bits per heavy atom. The first-order chi connectivity index (χ1) is 13.1. The molecule has 2 aromatic rings. The number of nitrogens with zero attached hydrogens (tertiary/aromatic N) is 2. The molecule has 1 atom stereocenters. The highest BCUT2D eigenvalue weighted by Crippen LogP contribution is 2.40. The lowest BCUT2D eigenvalue weighted by molar-refractivity contribution is 0.0871. The van der Waals surface area contributed by atoms with Gasteiger partial charge in [0.2, 0.25) is 0 Å². The van der Waals surface area contributed by atoms with Crippen molar-refractivity contribution in [2.75, 3.05) is 13.1 Å². The van der Waals surface area contributed by atoms with Crippen molar-refractivity contribution in [3.05, 3.63) is 53.4 Å². The number of hydrogen-bond donors (Lipinski definition) is 2. The highest BCUT2D eigenvalue weighted by atomic mass is 16.5. The smallest absolute Gasteiger partial charge is 0.407 e. The molecule has 0 bridgehead atoms. The molecule has 1 saturated heterocycles. The van der Waals surface area contributed by atoms with Crippen LogP contribution in [0.3, 0.4) is 0 Å². The number of aromatic nitrogens is 1. The monoisotopic (exact) mass is 369 g/mol. The largest absolute Gasteiger partial charge is 0.465 e. The van der Waals surface area contributed by atoms with Crippen LogP contribution in [0.1, 0.15) is 59.5 Å². The zero-order valence-corrected chi connectivity index (χ0v) is 15.0. The minimum absolute atomic E-state index is 0.168. The van der Waals surface area contributed by atoms with Crippen molar-refractivity contribution >= 4 is 12.0 Å². The molecule has 1 aliphatic carbocycles. The first-order valence-electron chi connectivity index (χ1n) is 9.42. The summed E-state index contributed by atoms with van der Waals surface area (Å²) < 4.78 is 5.30. The van der Waals surface area contributed by atoms with E-state index in [4.69, 9.17) is 9.63 Å². The molecule has 2 fully saturated rings. The molecule has 2 aliphatic rings. The van der Waals surface area contributed by atoms with Gasteiger partial charge in [0, 0.05) is 25.1 Å². The fourth-order valence-electron chi connectivity index (χ4n) is 3.73. The molecule has 1 aromatic heterocycles. The van der Waals surface area contributed by atoms with Crippen molar-refractivity contribution < 1.29 is 19.2 Å². The van der Waals surface area contributed by atoms with Crippen molar-refractivity contribution in [1.29, 1.82) is 0 Å². The first kappa shape index (κ1) is 17.6. The van der Waals surface area contributed by atoms with Gasteiger partial charge in [0.1, 0.15) is 5.76 Å². The van der Waals surface area contributed by atoms with E-state index in [0.717, 1.165) is 24.2 Å². The number of benzene rings is 1. The first-order valence-corrected chi connectivity index (χ1v) is 9.42. The molecule has 1 saturated carbocycles. The van der Waals surface area contributed by atoms with Crippen LogP contribution >= 0.6 is 0 Å². The normalized spacial score (nSPS) is 18.9. The predicted molar refractivity (Wildman–Crippen MR) is 97.4 cm³/mol. The van der Waals surface area contributed by atoms with Crippen molar-refractivity contribution in [3.8, 4) is 0 Å². The van der Waals surface area contributed by atoms with E-state index in [1.165, 1.54) is 4.90 Å². The van der Waals surface area contributed by atoms with Gasteiger partial charge in [-0.2, -0.15) is 0 Å². The van der Waals surface area contributed by atoms with Crippen LogP contribution in [0, 0.1) is 5.92 Å². The Labute approximate surface area is 157 Å². The minimum atomic E-state index is -0.885. The lowest BCUT2D eigenvalue weighted by Gasteiger charge is -2.35. The number of hydrogen-bond acceptors (Lipinski definition) is 4. The summed E-state index contributed by atoms with van der Waals surface area (Å²) in [6.45, 7) is 0.962. The van der Waals surface area contributed by atoms with Gasteiger partial charge in [0.15, 0.2) is 5.69 Å². The van der Waals surface area contributed by atoms with E-state index in [-0.39, 0.29) is 17.9 Å². The Balaban J connectivity index is 1.49. The molecular formula is C20H23N3O4. The Hall–Kier alpha value is -2.83. The number of carbonyl (C=O) groups excluding carboxylic acids is 1. The molecule has 2 heterocycles. The van der Waals surface area contributed by atoms with E-state index in [2.05, 4.69) is 10.5 Å². The number of nitrogens with one attached hydrogen (secondary N) is 1. The SMILES string of the molecule is O=C(NC(c1ccccc1)C1CCN(C(=O)O)CC1)c1cc(C2CC2)on1. The van der Waals surface area contributed by atoms with Crippen molar-refractivity contribution in [2.45, 2.75) is 37.6 Å². The van der Waals surface area contributed by atoms with Gasteiger partial charge in [-0.3, -0.25) is 4.79 Å². The van der Waals surface area contributed by atoms with Crippen molar-refractivity contribution in [3.63, 3.8) is 0 Å². The van der Waals surface area contributed by atoms with Crippen molar-refractivity contribution in [1.82, 2.24) is 15.4 Å². The van der Waals surface area contributed by atoms with Gasteiger partial charge in [0.25, 0.3) is 5.91 Å². The molecule has 0 radical (unpaired) electrons. The van der Waals surface area contributed by atoms with Gasteiger partial charge >= 0.3 is 6.09 Å². The third-order valence-corrected chi connectivity index (χ3v) is 5.47. The molecule has 1 aromatic carbocycles. The summed E-state index contributed by atoms with van der Waals surface area (Å²) in [5.74, 6) is 1.11. The lowest BCUT2D eigenvalue weighted by Crippen LogP contribution is -2.42. The summed E-state index contributed by atoms with van der Waals surface area (Å²) in [5.41, 5.74) is 1.33. The number of carbonyl (C=O) groups is 2. The van der Waals surface area contributed by atoms with Gasteiger partial charge in [-0.25, -0.2) is 4.79 Å². The van der Waals surface area contributed by atoms with Gasteiger partial charge < -0.3 is 19.8 Å². The van der Waals surface area contributed by atoms with Crippen LogP contribution in [-0.4, -0.2) is 40.3 Å². The average molecular weight is 369 g/mol. The number of carboxylic acid groups (broad SMARTS) is 1. The summed E-state index contributed by atoms with van der Waals surface area (Å²) in [6.07, 6.45) is 2.70. The zero-order chi connectivity index (χ0) is 18.8. The molecule has 4 rings (SSSR count). The third kappa shape index (κ3) is 3.97. The number of likely N-dealkylation sites (tertiary alicyclic amines) is 1. The average Bonchev–Trinajstić information content (AvgIpc) is 3.43. The summed E-state index contributed by atoms with van der Waals surface area (Å²) >= 11 is 0. The fourth-order valence-corrected chi connectivity index (χ4v) is 3.73. The fraction of sp³-hybridized carbons (Fsp3) is 0.450. The minimum Gasteiger partial charge on any atom is -0.465 e. The predicted octanol–water partition coefficient (Wildman–Crippen LogP) is 3.41. The van der Waals surface area contributed by atoms with E-state index in [9.17, 15) is 9.59 Å². The van der Waals surface area contributed by atoms with Crippen LogP contribution in [0.15, 0.2) is 40.9 Å². The van der Waals surface area contributed by atoms with Gasteiger partial charge in [0.05, 0.1) is 6.04 Å². The third-order valence-electron chi connectivity index (χ3n) is 5.47. The molecule has 27 heavy (non-hydrogen) atoms. The van der Waals surface area contributed by atoms with E-state index in [1.54, 1.807) is 6.07 Å². The lowest BCUT2D eigenvalue weighted by atomic mass is 9.85. The number of rotatable bonds is 5. The van der Waals surface area contributed by atoms with E-state index < -0.39 is 6.09 Å². The van der Waals surface area contributed by atoms with Crippen molar-refractivity contribution in [2.24, 2.45) is 5.92 Å². The van der Waals surface area contributed by atoms with Crippen LogP contribution in [0.2, 0.25) is 0 Å². The number of piperidine rings is 1. The maximum Gasteiger partial charge on any atom is 0.407 e. The van der Waals surface area contributed by atoms with Crippen LogP contribution in [-0.2, 0) is 0 Å². The standard InChI is InChI=1S/C20H23N3O4/c24-19(16-12-17(27-22-16)13-6-7-13)21-18(14-4-2-1-3-5-14)15-8-10-23(11-9-15)20(25)26/h1-5,12-13,15,18H,6-11H2,(H,21,24)(H,25,26). The van der Waals surface area contributed by atoms with E-state index >= 15 is 0 Å². The molecule has 142 valence electrons. The van der Waals surface area contributed by atoms with Crippen LogP contribution in [0.25, 0.3) is 0 Å². The molecule has 2 amide bonds. The highest BCUT2D eigenvalue weighted by Gasteiger charge is 2.32. The maximum atomic E-state index is 12.8. The second-order valence-corrected chi connectivity index (χ2v) is 7.36. The summed E-state index contributed by atoms with van der Waals surface area (Å²) in [4.78, 5) is 25.4. The van der Waals surface area contributed by atoms with Crippen LogP contribution in [0.4, 0.5) is 4.79 Å². The Morgan fingerprint density at radius 1 is 1.15 bits per heavy atom. The Morgan fingerprint density at radius 3 is 2.48 bits per heavy atom. The van der Waals surface area contributed by atoms with E-state index in [1.807, 2.05) is 30.3 Å². The summed E-state index contributed by atoms with van der Waals surface area (Å²) in [5, 5.41) is 16.2. The van der Waals surface area contributed by atoms with Gasteiger partial charge in [-0.05, 0) is 37.2 Å². The molecule has 7 heteroatoms. The second kappa shape index (κ2) is 7.42. The topological polar surface area (TPSA) is 95.7 Å².